The normalized spacial score (nSPS) is 68.7. The average molecular weight is 292 g/mol. The van der Waals surface area contributed by atoms with Crippen LogP contribution in [0.2, 0.25) is 0 Å². The minimum Gasteiger partial charge on any atom is -0.465 e. The fourth-order valence-corrected chi connectivity index (χ4v) is 6.04. The molecule has 8 atom stereocenters. The van der Waals surface area contributed by atoms with Gasteiger partial charge in [0.1, 0.15) is 29.2 Å². The number of hydrogen-bond donors (Lipinski definition) is 0. The Morgan fingerprint density at radius 2 is 1.95 bits per heavy atom. The lowest BCUT2D eigenvalue weighted by molar-refractivity contribution is -0.227. The fourth-order valence-electron chi connectivity index (χ4n) is 6.04. The summed E-state index contributed by atoms with van der Waals surface area (Å²) >= 11 is 0. The first-order valence-electron chi connectivity index (χ1n) is 7.60. The van der Waals surface area contributed by atoms with Crippen LogP contribution in [-0.2, 0) is 28.5 Å². The third-order valence-corrected chi connectivity index (χ3v) is 7.24. The van der Waals surface area contributed by atoms with E-state index in [-0.39, 0.29) is 29.9 Å². The molecule has 5 aliphatic heterocycles. The second-order valence-corrected chi connectivity index (χ2v) is 7.80. The summed E-state index contributed by atoms with van der Waals surface area (Å²) in [6, 6.07) is 0. The van der Waals surface area contributed by atoms with Gasteiger partial charge in [0, 0.05) is 12.3 Å². The Labute approximate surface area is 121 Å². The van der Waals surface area contributed by atoms with Crippen molar-refractivity contribution in [2.75, 3.05) is 13.2 Å². The monoisotopic (exact) mass is 292 g/mol. The molecule has 0 aromatic heterocycles. The van der Waals surface area contributed by atoms with Crippen molar-refractivity contribution in [2.45, 2.75) is 49.3 Å². The number of hydrogen-bond acceptors (Lipinski definition) is 6. The summed E-state index contributed by atoms with van der Waals surface area (Å²) in [5.41, 5.74) is -2.88. The number of Topliss-reactive ketones (excluding diaryl/α,β-unsaturated/α-hetero) is 1. The molecule has 1 aliphatic carbocycles. The molecular weight excluding hydrogens is 276 g/mol. The van der Waals surface area contributed by atoms with Crippen molar-refractivity contribution in [3.8, 4) is 0 Å². The predicted molar refractivity (Wildman–Crippen MR) is 65.2 cm³/mol. The van der Waals surface area contributed by atoms with Crippen LogP contribution in [0.5, 0.6) is 0 Å². The SMILES string of the molecule is C[C@@]12C(=O)C[C@]3(C)O[C@]1([C@H]1O[C@H]1[C@]21CO1)[C@H]1C(=O)OC[C@H]13. The zero-order chi connectivity index (χ0) is 14.4. The standard InChI is InChI=1S/C15H16O6/c1-12-3-7(16)13(2)14(5-19-14)9-10(20-9)15(13,21-12)8-6(12)4-18-11(8)17/h6,8-10H,3-5H2,1-2H3/t6-,8-,9-,10+,12+,13+,14-,15+/m1/s1. The van der Waals surface area contributed by atoms with Crippen LogP contribution < -0.4 is 0 Å². The van der Waals surface area contributed by atoms with Gasteiger partial charge in [0.25, 0.3) is 0 Å². The molecule has 2 bridgehead atoms. The van der Waals surface area contributed by atoms with E-state index in [1.807, 2.05) is 13.8 Å². The Morgan fingerprint density at radius 3 is 2.67 bits per heavy atom. The molecule has 6 nitrogen and oxygen atoms in total. The van der Waals surface area contributed by atoms with E-state index in [0.29, 0.717) is 19.6 Å². The number of ketones is 1. The maximum atomic E-state index is 13.1. The smallest absolute Gasteiger partial charge is 0.312 e. The van der Waals surface area contributed by atoms with Crippen molar-refractivity contribution in [1.82, 2.24) is 0 Å². The molecule has 6 aliphatic rings. The van der Waals surface area contributed by atoms with E-state index in [4.69, 9.17) is 18.9 Å². The lowest BCUT2D eigenvalue weighted by Crippen LogP contribution is -2.65. The van der Waals surface area contributed by atoms with Gasteiger partial charge < -0.3 is 18.9 Å². The molecule has 0 amide bonds. The van der Waals surface area contributed by atoms with Gasteiger partial charge in [0.15, 0.2) is 0 Å². The highest BCUT2D eigenvalue weighted by Gasteiger charge is 2.96. The number of cyclic esters (lactones) is 1. The van der Waals surface area contributed by atoms with Crippen molar-refractivity contribution in [1.29, 1.82) is 0 Å². The van der Waals surface area contributed by atoms with E-state index < -0.39 is 28.1 Å². The summed E-state index contributed by atoms with van der Waals surface area (Å²) < 4.78 is 23.4. The van der Waals surface area contributed by atoms with Crippen LogP contribution >= 0.6 is 0 Å². The first-order chi connectivity index (χ1) is 9.91. The Hall–Kier alpha value is -0.980. The van der Waals surface area contributed by atoms with Crippen LogP contribution in [0, 0.1) is 17.3 Å². The molecule has 0 aromatic rings. The van der Waals surface area contributed by atoms with Gasteiger partial charge in [-0.1, -0.05) is 0 Å². The second-order valence-electron chi connectivity index (χ2n) is 7.80. The highest BCUT2D eigenvalue weighted by molar-refractivity contribution is 5.95. The summed E-state index contributed by atoms with van der Waals surface area (Å²) in [7, 11) is 0. The van der Waals surface area contributed by atoms with Crippen LogP contribution in [0.1, 0.15) is 20.3 Å². The van der Waals surface area contributed by atoms with Gasteiger partial charge >= 0.3 is 5.97 Å². The molecule has 2 spiro atoms. The number of epoxide rings is 2. The number of fused-ring (bicyclic) bond motifs is 6. The largest absolute Gasteiger partial charge is 0.465 e. The van der Waals surface area contributed by atoms with Crippen molar-refractivity contribution >= 4 is 11.8 Å². The summed E-state index contributed by atoms with van der Waals surface area (Å²) in [6.07, 6.45) is 0.00308. The zero-order valence-electron chi connectivity index (χ0n) is 11.9. The summed E-state index contributed by atoms with van der Waals surface area (Å²) in [5.74, 6) is -0.546. The number of carbonyl (C=O) groups excluding carboxylic acids is 2. The Balaban J connectivity index is 1.67. The molecule has 5 heterocycles. The first kappa shape index (κ1) is 11.6. The van der Waals surface area contributed by atoms with Gasteiger partial charge in [0.05, 0.1) is 30.1 Å². The van der Waals surface area contributed by atoms with Gasteiger partial charge in [-0.05, 0) is 13.8 Å². The van der Waals surface area contributed by atoms with E-state index in [2.05, 4.69) is 0 Å². The van der Waals surface area contributed by atoms with E-state index in [9.17, 15) is 9.59 Å². The molecule has 21 heavy (non-hydrogen) atoms. The van der Waals surface area contributed by atoms with Crippen LogP contribution in [0.15, 0.2) is 0 Å². The summed E-state index contributed by atoms with van der Waals surface area (Å²) in [4.78, 5) is 25.5. The first-order valence-corrected chi connectivity index (χ1v) is 7.60. The Kier molecular flexibility index (Phi) is 1.48. The molecule has 0 radical (unpaired) electrons. The van der Waals surface area contributed by atoms with Gasteiger partial charge in [-0.2, -0.15) is 0 Å². The van der Waals surface area contributed by atoms with Crippen molar-refractivity contribution in [2.24, 2.45) is 17.3 Å². The van der Waals surface area contributed by atoms with Gasteiger partial charge in [-0.15, -0.1) is 0 Å². The zero-order valence-corrected chi connectivity index (χ0v) is 11.9. The van der Waals surface area contributed by atoms with Crippen LogP contribution in [0.3, 0.4) is 0 Å². The van der Waals surface area contributed by atoms with E-state index >= 15 is 0 Å². The minimum atomic E-state index is -0.892. The number of carbonyl (C=O) groups is 2. The van der Waals surface area contributed by atoms with Gasteiger partial charge in [-0.3, -0.25) is 9.59 Å². The topological polar surface area (TPSA) is 77.7 Å². The van der Waals surface area contributed by atoms with Crippen LogP contribution in [0.25, 0.3) is 0 Å². The van der Waals surface area contributed by atoms with Crippen LogP contribution in [-0.4, -0.2) is 54.0 Å². The molecule has 0 N–H and O–H groups in total. The molecule has 6 rings (SSSR count). The third kappa shape index (κ3) is 0.819. The second kappa shape index (κ2) is 2.68. The maximum absolute atomic E-state index is 13.1. The van der Waals surface area contributed by atoms with Crippen molar-refractivity contribution in [3.63, 3.8) is 0 Å². The maximum Gasteiger partial charge on any atom is 0.312 e. The number of esters is 1. The molecule has 6 heteroatoms. The average Bonchev–Trinajstić information content (AvgIpc) is 3.28. The Morgan fingerprint density at radius 1 is 1.19 bits per heavy atom. The number of rotatable bonds is 0. The molecule has 0 unspecified atom stereocenters. The Bertz CT molecular complexity index is 640. The molecule has 112 valence electrons. The fraction of sp³-hybridized carbons (Fsp3) is 0.867. The minimum absolute atomic E-state index is 0.0606. The van der Waals surface area contributed by atoms with E-state index in [1.54, 1.807) is 0 Å². The van der Waals surface area contributed by atoms with Crippen molar-refractivity contribution in [3.05, 3.63) is 0 Å². The van der Waals surface area contributed by atoms with Gasteiger partial charge in [-0.25, -0.2) is 0 Å². The lowest BCUT2D eigenvalue weighted by Gasteiger charge is -2.50. The predicted octanol–water partition coefficient (Wildman–Crippen LogP) is -0.168. The summed E-state index contributed by atoms with van der Waals surface area (Å²) in [6.45, 7) is 4.72. The quantitative estimate of drug-likeness (QED) is 0.456. The lowest BCUT2D eigenvalue weighted by atomic mass is 9.61. The summed E-state index contributed by atoms with van der Waals surface area (Å²) in [5, 5.41) is 0. The molecule has 6 fully saturated rings. The molecule has 5 saturated heterocycles. The van der Waals surface area contributed by atoms with Crippen LogP contribution in [0.4, 0.5) is 0 Å². The van der Waals surface area contributed by atoms with E-state index in [0.717, 1.165) is 0 Å². The van der Waals surface area contributed by atoms with E-state index in [1.165, 1.54) is 0 Å². The number of ether oxygens (including phenoxy) is 4. The third-order valence-electron chi connectivity index (χ3n) is 7.24. The highest BCUT2D eigenvalue weighted by Crippen LogP contribution is 2.78. The molecule has 1 saturated carbocycles. The van der Waals surface area contributed by atoms with Gasteiger partial charge in [0.2, 0.25) is 0 Å². The molecule has 0 aromatic carbocycles. The molecular formula is C15H16O6. The highest BCUT2D eigenvalue weighted by atomic mass is 16.7. The van der Waals surface area contributed by atoms with Crippen molar-refractivity contribution < 1.29 is 28.5 Å².